The fraction of sp³-hybridized carbons (Fsp3) is 0.105. The van der Waals surface area contributed by atoms with Crippen LogP contribution < -0.4 is 29.6 Å². The number of carbonyl (C=O) groups excluding carboxylic acids is 1. The summed E-state index contributed by atoms with van der Waals surface area (Å²) in [5.74, 6) is 0. The van der Waals surface area contributed by atoms with Crippen LogP contribution in [0, 0.1) is 0 Å². The van der Waals surface area contributed by atoms with Crippen molar-refractivity contribution in [3.05, 3.63) is 69.1 Å². The minimum absolute atomic E-state index is 0. The van der Waals surface area contributed by atoms with Crippen LogP contribution in [0.3, 0.4) is 0 Å². The molecule has 0 fully saturated rings. The number of aldehydes is 1. The van der Waals surface area contributed by atoms with Gasteiger partial charge in [-0.05, 0) is 66.0 Å². The van der Waals surface area contributed by atoms with Crippen LogP contribution >= 0.6 is 45.9 Å². The molecule has 0 amide bonds. The van der Waals surface area contributed by atoms with Crippen molar-refractivity contribution in [3.63, 3.8) is 0 Å². The van der Waals surface area contributed by atoms with E-state index in [0.717, 1.165) is 33.8 Å². The van der Waals surface area contributed by atoms with Gasteiger partial charge >= 0.3 is 29.6 Å². The fourth-order valence-electron chi connectivity index (χ4n) is 2.20. The Kier molecular flexibility index (Phi) is 11.9. The third-order valence-electron chi connectivity index (χ3n) is 3.51. The Labute approximate surface area is 218 Å². The molecule has 4 heterocycles. The second-order valence-electron chi connectivity index (χ2n) is 5.36. The van der Waals surface area contributed by atoms with Gasteiger partial charge in [-0.2, -0.15) is 0 Å². The van der Waals surface area contributed by atoms with Gasteiger partial charge in [-0.25, -0.2) is 19.9 Å². The quantitative estimate of drug-likeness (QED) is 0.253. The monoisotopic (exact) mass is 483 g/mol. The molecule has 0 N–H and O–H groups in total. The van der Waals surface area contributed by atoms with Gasteiger partial charge in [0.2, 0.25) is 10.6 Å². The van der Waals surface area contributed by atoms with Crippen molar-refractivity contribution in [2.24, 2.45) is 0 Å². The van der Waals surface area contributed by atoms with Crippen LogP contribution in [0.5, 0.6) is 0 Å². The first-order valence-corrected chi connectivity index (χ1v) is 10.6. The second-order valence-corrected chi connectivity index (χ2v) is 8.32. The SMILES string of the molecule is CCc1ccc(-c2ccnc(Cl)n2)s1.O=Cc1ccc(-c2ccnc(Cl)n2)s1.[B].[H-].[Na+]. The Morgan fingerprint density at radius 3 is 1.87 bits per heavy atom. The Hall–Kier alpha value is -1.13. The molecule has 4 aromatic heterocycles. The van der Waals surface area contributed by atoms with Gasteiger partial charge in [-0.3, -0.25) is 4.79 Å². The topological polar surface area (TPSA) is 68.6 Å². The van der Waals surface area contributed by atoms with E-state index in [2.05, 4.69) is 39.0 Å². The molecular formula is C19H15BCl2N4NaOS2. The zero-order valence-electron chi connectivity index (χ0n) is 17.3. The maximum atomic E-state index is 10.5. The summed E-state index contributed by atoms with van der Waals surface area (Å²) in [5.41, 5.74) is 1.64. The molecule has 0 aliphatic rings. The largest absolute Gasteiger partial charge is 1.00 e. The molecule has 0 aromatic carbocycles. The predicted octanol–water partition coefficient (Wildman–Crippen LogP) is 2.83. The van der Waals surface area contributed by atoms with Gasteiger partial charge in [0.1, 0.15) is 0 Å². The number of thiophene rings is 2. The number of hydrogen-bond donors (Lipinski definition) is 0. The molecule has 30 heavy (non-hydrogen) atoms. The van der Waals surface area contributed by atoms with E-state index in [-0.39, 0.29) is 44.7 Å². The number of rotatable bonds is 4. The maximum absolute atomic E-state index is 10.5. The van der Waals surface area contributed by atoms with Gasteiger partial charge in [0, 0.05) is 25.7 Å². The van der Waals surface area contributed by atoms with Crippen molar-refractivity contribution in [1.29, 1.82) is 0 Å². The minimum atomic E-state index is 0. The van der Waals surface area contributed by atoms with E-state index >= 15 is 0 Å². The van der Waals surface area contributed by atoms with E-state index in [1.54, 1.807) is 35.9 Å². The van der Waals surface area contributed by atoms with E-state index in [9.17, 15) is 4.79 Å². The van der Waals surface area contributed by atoms with E-state index < -0.39 is 0 Å². The molecule has 0 saturated heterocycles. The average Bonchev–Trinajstić information content (AvgIpc) is 3.38. The predicted molar refractivity (Wildman–Crippen MR) is 122 cm³/mol. The van der Waals surface area contributed by atoms with Gasteiger partial charge < -0.3 is 1.43 Å². The van der Waals surface area contributed by atoms with Crippen molar-refractivity contribution in [2.75, 3.05) is 0 Å². The Balaban J connectivity index is 0.000000529. The van der Waals surface area contributed by atoms with Crippen LogP contribution in [0.2, 0.25) is 10.6 Å². The van der Waals surface area contributed by atoms with Crippen LogP contribution in [-0.2, 0) is 6.42 Å². The Morgan fingerprint density at radius 1 is 0.900 bits per heavy atom. The molecule has 0 unspecified atom stereocenters. The van der Waals surface area contributed by atoms with Gasteiger partial charge in [0.25, 0.3) is 0 Å². The van der Waals surface area contributed by atoms with E-state index in [0.29, 0.717) is 10.2 Å². The number of nitrogens with zero attached hydrogens (tertiary/aromatic N) is 4. The molecule has 0 aliphatic heterocycles. The standard InChI is InChI=1S/C10H9ClN2S.C9H5ClN2OS.B.Na.H/c1-2-7-3-4-9(14-7)8-5-6-12-10(11)13-8;10-9-11-4-3-7(12-9)8-2-1-6(5-13)14-8;;;/h3-6H,2H2,1H3;1-5H;;;/q;;;+1;-1. The molecule has 4 rings (SSSR count). The number of carbonyl (C=O) groups is 1. The summed E-state index contributed by atoms with van der Waals surface area (Å²) in [7, 11) is 0. The molecule has 147 valence electrons. The van der Waals surface area contributed by atoms with E-state index in [1.165, 1.54) is 16.2 Å². The molecule has 0 bridgehead atoms. The summed E-state index contributed by atoms with van der Waals surface area (Å²) in [6.07, 6.45) is 5.14. The number of aryl methyl sites for hydroxylation is 1. The van der Waals surface area contributed by atoms with Crippen molar-refractivity contribution in [3.8, 4) is 21.1 Å². The smallest absolute Gasteiger partial charge is 1.00 e. The third-order valence-corrected chi connectivity index (χ3v) is 6.16. The number of halogens is 2. The zero-order valence-corrected chi connectivity index (χ0v) is 21.4. The Bertz CT molecular complexity index is 1100. The number of aromatic nitrogens is 4. The molecule has 0 saturated carbocycles. The third kappa shape index (κ3) is 7.53. The summed E-state index contributed by atoms with van der Waals surface area (Å²) < 4.78 is 0. The molecule has 0 spiro atoms. The minimum Gasteiger partial charge on any atom is -1.00 e. The van der Waals surface area contributed by atoms with Crippen molar-refractivity contribution >= 4 is 60.6 Å². The summed E-state index contributed by atoms with van der Waals surface area (Å²) in [6, 6.07) is 11.4. The van der Waals surface area contributed by atoms with Crippen LogP contribution in [0.1, 0.15) is 22.9 Å². The first-order chi connectivity index (χ1) is 13.6. The number of hydrogen-bond acceptors (Lipinski definition) is 7. The average molecular weight is 484 g/mol. The van der Waals surface area contributed by atoms with E-state index in [4.69, 9.17) is 23.2 Å². The summed E-state index contributed by atoms with van der Waals surface area (Å²) in [6.45, 7) is 2.14. The van der Waals surface area contributed by atoms with Crippen LogP contribution in [0.25, 0.3) is 21.1 Å². The van der Waals surface area contributed by atoms with Crippen molar-refractivity contribution in [2.45, 2.75) is 13.3 Å². The first kappa shape index (κ1) is 26.9. The van der Waals surface area contributed by atoms with E-state index in [1.807, 2.05) is 12.1 Å². The fourth-order valence-corrected chi connectivity index (χ4v) is 4.21. The van der Waals surface area contributed by atoms with Crippen LogP contribution in [0.15, 0.2) is 48.8 Å². The van der Waals surface area contributed by atoms with Crippen molar-refractivity contribution < 1.29 is 35.8 Å². The Morgan fingerprint density at radius 2 is 1.43 bits per heavy atom. The van der Waals surface area contributed by atoms with Gasteiger partial charge in [0.15, 0.2) is 6.29 Å². The molecular weight excluding hydrogens is 469 g/mol. The molecule has 11 heteroatoms. The maximum Gasteiger partial charge on any atom is 1.00 e. The first-order valence-electron chi connectivity index (χ1n) is 8.20. The molecule has 0 atom stereocenters. The molecule has 3 radical (unpaired) electrons. The summed E-state index contributed by atoms with van der Waals surface area (Å²) >= 11 is 14.5. The zero-order chi connectivity index (χ0) is 19.9. The van der Waals surface area contributed by atoms with Gasteiger partial charge in [0.05, 0.1) is 26.0 Å². The normalized spacial score (nSPS) is 9.57. The van der Waals surface area contributed by atoms with Gasteiger partial charge in [-0.15, -0.1) is 22.7 Å². The van der Waals surface area contributed by atoms with Crippen molar-refractivity contribution in [1.82, 2.24) is 19.9 Å². The summed E-state index contributed by atoms with van der Waals surface area (Å²) in [5, 5.41) is 0.512. The van der Waals surface area contributed by atoms with Gasteiger partial charge in [-0.1, -0.05) is 6.92 Å². The summed E-state index contributed by atoms with van der Waals surface area (Å²) in [4.78, 5) is 30.4. The van der Waals surface area contributed by atoms with Crippen LogP contribution in [-0.4, -0.2) is 34.6 Å². The van der Waals surface area contributed by atoms with Crippen LogP contribution in [0.4, 0.5) is 0 Å². The molecule has 4 aromatic rings. The second kappa shape index (κ2) is 13.3. The molecule has 0 aliphatic carbocycles. The molecule has 5 nitrogen and oxygen atoms in total.